The third-order valence-electron chi connectivity index (χ3n) is 5.61. The number of nitrogens with zero attached hydrogens (tertiary/aromatic N) is 1. The second-order valence-electron chi connectivity index (χ2n) is 7.81. The van der Waals surface area contributed by atoms with Gasteiger partial charge in [-0.2, -0.15) is 0 Å². The minimum atomic E-state index is -0.842. The first-order valence-corrected chi connectivity index (χ1v) is 10.2. The molecule has 1 aliphatic heterocycles. The molecular weight excluding hydrogens is 382 g/mol. The van der Waals surface area contributed by atoms with Crippen molar-refractivity contribution in [1.29, 1.82) is 0 Å². The molecule has 2 atom stereocenters. The highest BCUT2D eigenvalue weighted by Crippen LogP contribution is 2.40. The summed E-state index contributed by atoms with van der Waals surface area (Å²) in [7, 11) is 1.44. The summed E-state index contributed by atoms with van der Waals surface area (Å²) in [5, 5.41) is 0. The third kappa shape index (κ3) is 4.89. The second kappa shape index (κ2) is 9.87. The number of ether oxygens (including phenoxy) is 1. The predicted molar refractivity (Wildman–Crippen MR) is 113 cm³/mol. The molecule has 0 bridgehead atoms. The molecule has 2 aromatic rings. The molecule has 30 heavy (non-hydrogen) atoms. The highest BCUT2D eigenvalue weighted by atomic mass is 17.2. The molecule has 0 aliphatic carbocycles. The lowest BCUT2D eigenvalue weighted by atomic mass is 9.75. The van der Waals surface area contributed by atoms with Crippen LogP contribution in [-0.2, 0) is 31.4 Å². The number of likely N-dealkylation sites (tertiary alicyclic amines) is 1. The minimum absolute atomic E-state index is 0.00426. The highest BCUT2D eigenvalue weighted by Gasteiger charge is 2.49. The summed E-state index contributed by atoms with van der Waals surface area (Å²) in [5.74, 6) is 0.683. The van der Waals surface area contributed by atoms with Crippen LogP contribution >= 0.6 is 0 Å². The van der Waals surface area contributed by atoms with Crippen LogP contribution in [0, 0.1) is 0 Å². The van der Waals surface area contributed by atoms with Gasteiger partial charge in [0.1, 0.15) is 24.7 Å². The standard InChI is InChI=1S/C24H29NO5/c1-18(16-30-28-3)25-14-13-24(23(25)27,15-19(2)26)21-9-11-22(12-10-21)29-17-20-7-5-4-6-8-20/h4-12,18H,13-17H2,1-3H3/t18-,24?/m1/s1. The Morgan fingerprint density at radius 1 is 1.13 bits per heavy atom. The maximum atomic E-state index is 13.4. The Morgan fingerprint density at radius 2 is 1.83 bits per heavy atom. The normalized spacial score (nSPS) is 19.7. The summed E-state index contributed by atoms with van der Waals surface area (Å²) in [6.07, 6.45) is 0.775. The number of Topliss-reactive ketones (excluding diaryl/α,β-unsaturated/α-hetero) is 1. The Bertz CT molecular complexity index is 852. The maximum absolute atomic E-state index is 13.4. The van der Waals surface area contributed by atoms with Gasteiger partial charge < -0.3 is 9.64 Å². The third-order valence-corrected chi connectivity index (χ3v) is 5.61. The molecule has 6 heteroatoms. The van der Waals surface area contributed by atoms with Gasteiger partial charge in [-0.3, -0.25) is 9.59 Å². The first-order valence-electron chi connectivity index (χ1n) is 10.2. The molecule has 1 aliphatic rings. The molecule has 6 nitrogen and oxygen atoms in total. The van der Waals surface area contributed by atoms with Gasteiger partial charge in [0.2, 0.25) is 5.91 Å². The number of ketones is 1. The van der Waals surface area contributed by atoms with E-state index in [9.17, 15) is 9.59 Å². The zero-order chi connectivity index (χ0) is 21.6. The van der Waals surface area contributed by atoms with Gasteiger partial charge >= 0.3 is 0 Å². The minimum Gasteiger partial charge on any atom is -0.489 e. The molecule has 1 unspecified atom stereocenters. The van der Waals surface area contributed by atoms with E-state index in [-0.39, 0.29) is 30.8 Å². The zero-order valence-electron chi connectivity index (χ0n) is 17.8. The molecule has 1 saturated heterocycles. The van der Waals surface area contributed by atoms with Crippen LogP contribution in [0.25, 0.3) is 0 Å². The van der Waals surface area contributed by atoms with E-state index in [0.717, 1.165) is 16.9 Å². The number of rotatable bonds is 10. The predicted octanol–water partition coefficient (Wildman–Crippen LogP) is 3.68. The van der Waals surface area contributed by atoms with Crippen molar-refractivity contribution in [2.75, 3.05) is 20.3 Å². The molecule has 160 valence electrons. The Labute approximate surface area is 177 Å². The van der Waals surface area contributed by atoms with Crippen LogP contribution in [-0.4, -0.2) is 42.9 Å². The van der Waals surface area contributed by atoms with Gasteiger partial charge in [0.25, 0.3) is 0 Å². The summed E-state index contributed by atoms with van der Waals surface area (Å²) >= 11 is 0. The molecule has 0 spiro atoms. The zero-order valence-corrected chi connectivity index (χ0v) is 17.8. The molecule has 1 fully saturated rings. The summed E-state index contributed by atoms with van der Waals surface area (Å²) < 4.78 is 5.86. The fraction of sp³-hybridized carbons (Fsp3) is 0.417. The number of benzene rings is 2. The van der Waals surface area contributed by atoms with Crippen LogP contribution in [0.1, 0.15) is 37.8 Å². The van der Waals surface area contributed by atoms with Crippen molar-refractivity contribution in [3.8, 4) is 5.75 Å². The summed E-state index contributed by atoms with van der Waals surface area (Å²) in [5.41, 5.74) is 1.09. The summed E-state index contributed by atoms with van der Waals surface area (Å²) in [4.78, 5) is 36.9. The van der Waals surface area contributed by atoms with E-state index in [1.807, 2.05) is 61.5 Å². The SMILES string of the molecule is COOC[C@@H](C)N1CCC(CC(C)=O)(c2ccc(OCc3ccccc3)cc2)C1=O. The lowest BCUT2D eigenvalue weighted by Gasteiger charge is -2.30. The number of carbonyl (C=O) groups excluding carboxylic acids is 2. The molecule has 0 radical (unpaired) electrons. The number of hydrogen-bond donors (Lipinski definition) is 0. The van der Waals surface area contributed by atoms with Crippen LogP contribution in [0.5, 0.6) is 5.75 Å². The van der Waals surface area contributed by atoms with Crippen LogP contribution in [0.2, 0.25) is 0 Å². The first kappa shape index (κ1) is 22.0. The van der Waals surface area contributed by atoms with Crippen LogP contribution in [0.4, 0.5) is 0 Å². The van der Waals surface area contributed by atoms with Crippen LogP contribution in [0.15, 0.2) is 54.6 Å². The van der Waals surface area contributed by atoms with Gasteiger partial charge in [-0.15, -0.1) is 0 Å². The summed E-state index contributed by atoms with van der Waals surface area (Å²) in [6.45, 7) is 4.79. The molecule has 0 aromatic heterocycles. The monoisotopic (exact) mass is 411 g/mol. The fourth-order valence-electron chi connectivity index (χ4n) is 4.04. The van der Waals surface area contributed by atoms with Crippen LogP contribution in [0.3, 0.4) is 0 Å². The number of hydrogen-bond acceptors (Lipinski definition) is 5. The lowest BCUT2D eigenvalue weighted by Crippen LogP contribution is -2.44. The van der Waals surface area contributed by atoms with Crippen molar-refractivity contribution >= 4 is 11.7 Å². The van der Waals surface area contributed by atoms with Gasteiger partial charge in [-0.25, -0.2) is 9.78 Å². The average Bonchev–Trinajstić information content (AvgIpc) is 3.08. The van der Waals surface area contributed by atoms with Gasteiger partial charge in [-0.05, 0) is 43.5 Å². The highest BCUT2D eigenvalue weighted by molar-refractivity contribution is 5.95. The second-order valence-corrected chi connectivity index (χ2v) is 7.81. The van der Waals surface area contributed by atoms with Crippen molar-refractivity contribution in [1.82, 2.24) is 4.90 Å². The smallest absolute Gasteiger partial charge is 0.234 e. The average molecular weight is 411 g/mol. The Balaban J connectivity index is 1.77. The Morgan fingerprint density at radius 3 is 2.47 bits per heavy atom. The van der Waals surface area contributed by atoms with Gasteiger partial charge in [0, 0.05) is 13.0 Å². The molecule has 3 rings (SSSR count). The quantitative estimate of drug-likeness (QED) is 0.441. The van der Waals surface area contributed by atoms with E-state index in [1.165, 1.54) is 14.0 Å². The van der Waals surface area contributed by atoms with Crippen LogP contribution < -0.4 is 4.74 Å². The largest absolute Gasteiger partial charge is 0.489 e. The number of amides is 1. The molecule has 2 aromatic carbocycles. The van der Waals surface area contributed by atoms with Crippen molar-refractivity contribution in [3.63, 3.8) is 0 Å². The van der Waals surface area contributed by atoms with Crippen molar-refractivity contribution < 1.29 is 24.1 Å². The molecular formula is C24H29NO5. The number of carbonyl (C=O) groups is 2. The van der Waals surface area contributed by atoms with Gasteiger partial charge in [0.15, 0.2) is 0 Å². The van der Waals surface area contributed by atoms with Crippen molar-refractivity contribution in [2.45, 2.75) is 44.8 Å². The van der Waals surface area contributed by atoms with E-state index in [4.69, 9.17) is 9.62 Å². The van der Waals surface area contributed by atoms with Crippen molar-refractivity contribution in [2.24, 2.45) is 0 Å². The lowest BCUT2D eigenvalue weighted by molar-refractivity contribution is -0.278. The van der Waals surface area contributed by atoms with Crippen molar-refractivity contribution in [3.05, 3.63) is 65.7 Å². The Kier molecular flexibility index (Phi) is 7.24. The Hall–Kier alpha value is -2.70. The molecule has 0 saturated carbocycles. The topological polar surface area (TPSA) is 65.1 Å². The summed E-state index contributed by atoms with van der Waals surface area (Å²) in [6, 6.07) is 17.3. The molecule has 1 amide bonds. The molecule has 1 heterocycles. The van der Waals surface area contributed by atoms with E-state index in [2.05, 4.69) is 4.89 Å². The van der Waals surface area contributed by atoms with E-state index in [0.29, 0.717) is 19.6 Å². The maximum Gasteiger partial charge on any atom is 0.234 e. The van der Waals surface area contributed by atoms with E-state index < -0.39 is 5.41 Å². The molecule has 0 N–H and O–H groups in total. The van der Waals surface area contributed by atoms with E-state index in [1.54, 1.807) is 4.90 Å². The fourth-order valence-corrected chi connectivity index (χ4v) is 4.04. The van der Waals surface area contributed by atoms with Gasteiger partial charge in [0.05, 0.1) is 18.6 Å². The van der Waals surface area contributed by atoms with E-state index >= 15 is 0 Å². The van der Waals surface area contributed by atoms with Gasteiger partial charge in [-0.1, -0.05) is 42.5 Å². The first-order chi connectivity index (χ1) is 14.5.